The van der Waals surface area contributed by atoms with Crippen molar-refractivity contribution in [1.29, 1.82) is 0 Å². The zero-order valence-corrected chi connectivity index (χ0v) is 14.4. The number of ether oxygens (including phenoxy) is 2. The highest BCUT2D eigenvalue weighted by molar-refractivity contribution is 7.85. The number of hydrogen-bond acceptors (Lipinski definition) is 7. The Morgan fingerprint density at radius 3 is 2.40 bits per heavy atom. The SMILES string of the molecule is CS(=O)(=O)OC[C@H]1CN(c2ccc(N3CCOCC3=O)cc2)C(=O)O1. The molecule has 2 fully saturated rings. The van der Waals surface area contributed by atoms with Crippen LogP contribution in [0.3, 0.4) is 0 Å². The molecular formula is C15H18N2O7S. The van der Waals surface area contributed by atoms with Gasteiger partial charge < -0.3 is 14.4 Å². The third kappa shape index (κ3) is 4.27. The molecule has 2 aliphatic rings. The van der Waals surface area contributed by atoms with Gasteiger partial charge >= 0.3 is 6.09 Å². The quantitative estimate of drug-likeness (QED) is 0.689. The lowest BCUT2D eigenvalue weighted by Gasteiger charge is -2.27. The fourth-order valence-electron chi connectivity index (χ4n) is 2.62. The summed E-state index contributed by atoms with van der Waals surface area (Å²) in [7, 11) is -3.59. The lowest BCUT2D eigenvalue weighted by molar-refractivity contribution is -0.125. The average molecular weight is 370 g/mol. The summed E-state index contributed by atoms with van der Waals surface area (Å²) in [6, 6.07) is 6.90. The molecule has 9 nitrogen and oxygen atoms in total. The molecule has 0 aliphatic carbocycles. The van der Waals surface area contributed by atoms with Crippen LogP contribution in [0.2, 0.25) is 0 Å². The van der Waals surface area contributed by atoms with Crippen molar-refractivity contribution in [2.24, 2.45) is 0 Å². The van der Waals surface area contributed by atoms with Crippen molar-refractivity contribution in [2.75, 3.05) is 49.0 Å². The smallest absolute Gasteiger partial charge is 0.414 e. The molecule has 0 aromatic heterocycles. The maximum Gasteiger partial charge on any atom is 0.414 e. The first-order valence-corrected chi connectivity index (χ1v) is 9.46. The molecule has 2 amide bonds. The highest BCUT2D eigenvalue weighted by atomic mass is 32.2. The van der Waals surface area contributed by atoms with Gasteiger partial charge in [-0.15, -0.1) is 0 Å². The number of carbonyl (C=O) groups is 2. The minimum absolute atomic E-state index is 0.0578. The highest BCUT2D eigenvalue weighted by Gasteiger charge is 2.33. The van der Waals surface area contributed by atoms with Gasteiger partial charge in [0.2, 0.25) is 0 Å². The van der Waals surface area contributed by atoms with Crippen molar-refractivity contribution in [2.45, 2.75) is 6.10 Å². The standard InChI is InChI=1S/C15H18N2O7S/c1-25(20,21)23-9-13-8-17(15(19)24-13)12-4-2-11(3-5-12)16-6-7-22-10-14(16)18/h2-5,13H,6-10H2,1H3/t13-/m1/s1. The van der Waals surface area contributed by atoms with E-state index < -0.39 is 22.3 Å². The third-order valence-corrected chi connectivity index (χ3v) is 4.37. The van der Waals surface area contributed by atoms with Crippen LogP contribution in [-0.4, -0.2) is 65.7 Å². The Balaban J connectivity index is 1.66. The average Bonchev–Trinajstić information content (AvgIpc) is 2.94. The fraction of sp³-hybridized carbons (Fsp3) is 0.467. The number of morpholine rings is 1. The Morgan fingerprint density at radius 2 is 1.80 bits per heavy atom. The van der Waals surface area contributed by atoms with E-state index in [-0.39, 0.29) is 25.7 Å². The zero-order valence-electron chi connectivity index (χ0n) is 13.6. The molecule has 2 heterocycles. The van der Waals surface area contributed by atoms with Crippen molar-refractivity contribution in [3.05, 3.63) is 24.3 Å². The molecule has 0 unspecified atom stereocenters. The summed E-state index contributed by atoms with van der Waals surface area (Å²) in [6.07, 6.45) is -0.298. The summed E-state index contributed by atoms with van der Waals surface area (Å²) >= 11 is 0. The number of benzene rings is 1. The number of cyclic esters (lactones) is 1. The van der Waals surface area contributed by atoms with Crippen molar-refractivity contribution in [1.82, 2.24) is 0 Å². The Labute approximate surface area is 145 Å². The second-order valence-electron chi connectivity index (χ2n) is 5.72. The third-order valence-electron chi connectivity index (χ3n) is 3.80. The molecule has 136 valence electrons. The van der Waals surface area contributed by atoms with Gasteiger partial charge in [-0.2, -0.15) is 8.42 Å². The van der Waals surface area contributed by atoms with E-state index in [1.165, 1.54) is 4.90 Å². The summed E-state index contributed by atoms with van der Waals surface area (Å²) in [5, 5.41) is 0. The largest absolute Gasteiger partial charge is 0.441 e. The molecule has 2 saturated heterocycles. The Hall–Kier alpha value is -2.17. The number of rotatable bonds is 5. The number of anilines is 2. The van der Waals surface area contributed by atoms with Gasteiger partial charge in [0.05, 0.1) is 19.4 Å². The monoisotopic (exact) mass is 370 g/mol. The minimum atomic E-state index is -3.59. The van der Waals surface area contributed by atoms with Crippen molar-refractivity contribution < 1.29 is 31.7 Å². The molecule has 0 radical (unpaired) electrons. The first-order valence-electron chi connectivity index (χ1n) is 7.64. The summed E-state index contributed by atoms with van der Waals surface area (Å²) in [4.78, 5) is 26.8. The first-order chi connectivity index (χ1) is 11.8. The lowest BCUT2D eigenvalue weighted by Crippen LogP contribution is -2.41. The van der Waals surface area contributed by atoms with Crippen LogP contribution >= 0.6 is 0 Å². The number of carbonyl (C=O) groups excluding carboxylic acids is 2. The summed E-state index contributed by atoms with van der Waals surface area (Å²) in [5.41, 5.74) is 1.32. The molecule has 0 spiro atoms. The van der Waals surface area contributed by atoms with Crippen molar-refractivity contribution >= 4 is 33.5 Å². The number of amides is 2. The van der Waals surface area contributed by atoms with E-state index >= 15 is 0 Å². The second-order valence-corrected chi connectivity index (χ2v) is 7.36. The summed E-state index contributed by atoms with van der Waals surface area (Å²) < 4.78 is 36.9. The van der Waals surface area contributed by atoms with Gasteiger partial charge in [0.15, 0.2) is 0 Å². The van der Waals surface area contributed by atoms with E-state index in [9.17, 15) is 18.0 Å². The van der Waals surface area contributed by atoms with E-state index in [0.29, 0.717) is 18.8 Å². The van der Waals surface area contributed by atoms with E-state index in [0.717, 1.165) is 11.9 Å². The van der Waals surface area contributed by atoms with Crippen LogP contribution in [0.5, 0.6) is 0 Å². The predicted octanol–water partition coefficient (Wildman–Crippen LogP) is 0.351. The Kier molecular flexibility index (Phi) is 4.93. The van der Waals surface area contributed by atoms with Gasteiger partial charge in [-0.3, -0.25) is 13.9 Å². The maximum absolute atomic E-state index is 12.0. The molecule has 1 aromatic rings. The van der Waals surface area contributed by atoms with Crippen LogP contribution in [0.1, 0.15) is 0 Å². The van der Waals surface area contributed by atoms with Crippen LogP contribution in [0, 0.1) is 0 Å². The summed E-state index contributed by atoms with van der Waals surface area (Å²) in [5.74, 6) is -0.113. The molecule has 1 atom stereocenters. The Morgan fingerprint density at radius 1 is 1.16 bits per heavy atom. The molecule has 0 saturated carbocycles. The van der Waals surface area contributed by atoms with Gasteiger partial charge in [-0.25, -0.2) is 4.79 Å². The molecule has 2 aliphatic heterocycles. The fourth-order valence-corrected chi connectivity index (χ4v) is 3.02. The van der Waals surface area contributed by atoms with E-state index in [1.807, 2.05) is 0 Å². The normalized spacial score (nSPS) is 21.6. The maximum atomic E-state index is 12.0. The van der Waals surface area contributed by atoms with Crippen LogP contribution in [0.15, 0.2) is 24.3 Å². The molecule has 0 bridgehead atoms. The number of hydrogen-bond donors (Lipinski definition) is 0. The van der Waals surface area contributed by atoms with E-state index in [2.05, 4.69) is 4.18 Å². The van der Waals surface area contributed by atoms with Gasteiger partial charge in [0, 0.05) is 17.9 Å². The Bertz CT molecular complexity index is 763. The highest BCUT2D eigenvalue weighted by Crippen LogP contribution is 2.25. The molecule has 0 N–H and O–H groups in total. The van der Waals surface area contributed by atoms with Crippen molar-refractivity contribution in [3.8, 4) is 0 Å². The first kappa shape index (κ1) is 17.6. The van der Waals surface area contributed by atoms with Crippen LogP contribution < -0.4 is 9.80 Å². The molecule has 10 heteroatoms. The lowest BCUT2D eigenvalue weighted by atomic mass is 10.2. The van der Waals surface area contributed by atoms with Gasteiger partial charge in [0.1, 0.15) is 19.3 Å². The minimum Gasteiger partial charge on any atom is -0.441 e. The molecule has 25 heavy (non-hydrogen) atoms. The second kappa shape index (κ2) is 6.98. The topological polar surface area (TPSA) is 102 Å². The van der Waals surface area contributed by atoms with Gasteiger partial charge in [-0.1, -0.05) is 0 Å². The van der Waals surface area contributed by atoms with Crippen LogP contribution in [-0.2, 0) is 28.6 Å². The predicted molar refractivity (Wildman–Crippen MR) is 88.0 cm³/mol. The van der Waals surface area contributed by atoms with Crippen LogP contribution in [0.4, 0.5) is 16.2 Å². The number of nitrogens with zero attached hydrogens (tertiary/aromatic N) is 2. The van der Waals surface area contributed by atoms with E-state index in [4.69, 9.17) is 9.47 Å². The molecule has 1 aromatic carbocycles. The molecule has 3 rings (SSSR count). The molecular weight excluding hydrogens is 352 g/mol. The summed E-state index contributed by atoms with van der Waals surface area (Å²) in [6.45, 7) is 0.983. The van der Waals surface area contributed by atoms with Crippen LogP contribution in [0.25, 0.3) is 0 Å². The van der Waals surface area contributed by atoms with E-state index in [1.54, 1.807) is 29.2 Å². The van der Waals surface area contributed by atoms with Gasteiger partial charge in [0.25, 0.3) is 16.0 Å². The van der Waals surface area contributed by atoms with Crippen molar-refractivity contribution in [3.63, 3.8) is 0 Å². The zero-order chi connectivity index (χ0) is 18.0. The van der Waals surface area contributed by atoms with Gasteiger partial charge in [-0.05, 0) is 24.3 Å².